The molecule has 0 radical (unpaired) electrons. The lowest BCUT2D eigenvalue weighted by Gasteiger charge is -2.37. The molecule has 1 aliphatic heterocycles. The summed E-state index contributed by atoms with van der Waals surface area (Å²) >= 11 is 0. The third-order valence-corrected chi connectivity index (χ3v) is 3.49. The van der Waals surface area contributed by atoms with Crippen LogP contribution in [0, 0.1) is 0 Å². The summed E-state index contributed by atoms with van der Waals surface area (Å²) in [5.74, 6) is 0.473. The molecule has 1 N–H and O–H groups in total. The fourth-order valence-electron chi connectivity index (χ4n) is 2.42. The van der Waals surface area contributed by atoms with Gasteiger partial charge in [-0.2, -0.15) is 0 Å². The Morgan fingerprint density at radius 2 is 2.00 bits per heavy atom. The third-order valence-electron chi connectivity index (χ3n) is 3.49. The predicted octanol–water partition coefficient (Wildman–Crippen LogP) is 1.94. The quantitative estimate of drug-likeness (QED) is 0.862. The Balaban J connectivity index is 2.19. The van der Waals surface area contributed by atoms with Crippen LogP contribution < -0.4 is 10.1 Å². The Morgan fingerprint density at radius 3 is 2.50 bits per heavy atom. The van der Waals surface area contributed by atoms with Crippen molar-refractivity contribution in [3.05, 3.63) is 29.8 Å². The SMILES string of the molecule is COc1ccc(CC2(C(=O)OC(C)(C)C)CNCCO2)cc1. The first-order valence-electron chi connectivity index (χ1n) is 7.56. The Hall–Kier alpha value is -1.59. The molecule has 5 nitrogen and oxygen atoms in total. The Labute approximate surface area is 131 Å². The summed E-state index contributed by atoms with van der Waals surface area (Å²) in [7, 11) is 1.63. The number of morpholine rings is 1. The van der Waals surface area contributed by atoms with Gasteiger partial charge >= 0.3 is 5.97 Å². The lowest BCUT2D eigenvalue weighted by Crippen LogP contribution is -2.58. The molecule has 122 valence electrons. The van der Waals surface area contributed by atoms with Gasteiger partial charge < -0.3 is 19.5 Å². The normalized spacial score (nSPS) is 22.2. The van der Waals surface area contributed by atoms with E-state index in [-0.39, 0.29) is 5.97 Å². The van der Waals surface area contributed by atoms with E-state index in [4.69, 9.17) is 14.2 Å². The minimum atomic E-state index is -0.972. The molecule has 1 heterocycles. The predicted molar refractivity (Wildman–Crippen MR) is 84.1 cm³/mol. The average molecular weight is 307 g/mol. The van der Waals surface area contributed by atoms with Crippen LogP contribution in [0.25, 0.3) is 0 Å². The summed E-state index contributed by atoms with van der Waals surface area (Å²) in [4.78, 5) is 12.7. The van der Waals surface area contributed by atoms with Gasteiger partial charge in [-0.05, 0) is 38.5 Å². The lowest BCUT2D eigenvalue weighted by molar-refractivity contribution is -0.187. The molecule has 1 atom stereocenters. The lowest BCUT2D eigenvalue weighted by atomic mass is 9.92. The van der Waals surface area contributed by atoms with Crippen LogP contribution in [0.2, 0.25) is 0 Å². The number of methoxy groups -OCH3 is 1. The highest BCUT2D eigenvalue weighted by molar-refractivity contribution is 5.81. The zero-order chi connectivity index (χ0) is 16.2. The molecule has 1 aliphatic rings. The van der Waals surface area contributed by atoms with Crippen molar-refractivity contribution in [1.29, 1.82) is 0 Å². The summed E-state index contributed by atoms with van der Waals surface area (Å²) in [6.45, 7) is 7.28. The topological polar surface area (TPSA) is 56.8 Å². The molecule has 0 saturated carbocycles. The van der Waals surface area contributed by atoms with Gasteiger partial charge in [0.2, 0.25) is 0 Å². The number of rotatable bonds is 4. The molecule has 0 amide bonds. The summed E-state index contributed by atoms with van der Waals surface area (Å²) in [6.07, 6.45) is 0.471. The van der Waals surface area contributed by atoms with Gasteiger partial charge in [-0.3, -0.25) is 0 Å². The minimum absolute atomic E-state index is 0.317. The van der Waals surface area contributed by atoms with Gasteiger partial charge in [-0.1, -0.05) is 12.1 Å². The second-order valence-electron chi connectivity index (χ2n) is 6.55. The molecule has 1 aromatic rings. The molecular formula is C17H25NO4. The van der Waals surface area contributed by atoms with E-state index in [2.05, 4.69) is 5.32 Å². The molecule has 1 aromatic carbocycles. The first-order valence-corrected chi connectivity index (χ1v) is 7.56. The van der Waals surface area contributed by atoms with Crippen LogP contribution in [0.4, 0.5) is 0 Å². The van der Waals surface area contributed by atoms with E-state index >= 15 is 0 Å². The molecule has 0 aliphatic carbocycles. The van der Waals surface area contributed by atoms with Crippen molar-refractivity contribution in [3.8, 4) is 5.75 Å². The van der Waals surface area contributed by atoms with Gasteiger partial charge in [0, 0.05) is 19.5 Å². The van der Waals surface area contributed by atoms with Crippen molar-refractivity contribution in [1.82, 2.24) is 5.32 Å². The van der Waals surface area contributed by atoms with Gasteiger partial charge in [-0.15, -0.1) is 0 Å². The van der Waals surface area contributed by atoms with Crippen LogP contribution in [0.5, 0.6) is 5.75 Å². The van der Waals surface area contributed by atoms with Gasteiger partial charge in [0.05, 0.1) is 13.7 Å². The maximum absolute atomic E-state index is 12.7. The molecule has 2 rings (SSSR count). The van der Waals surface area contributed by atoms with E-state index in [9.17, 15) is 4.79 Å². The second-order valence-corrected chi connectivity index (χ2v) is 6.55. The molecule has 0 aromatic heterocycles. The summed E-state index contributed by atoms with van der Waals surface area (Å²) < 4.78 is 16.6. The smallest absolute Gasteiger partial charge is 0.340 e. The average Bonchev–Trinajstić information content (AvgIpc) is 2.47. The van der Waals surface area contributed by atoms with Gasteiger partial charge in [0.15, 0.2) is 5.60 Å². The van der Waals surface area contributed by atoms with Crippen LogP contribution in [-0.4, -0.2) is 44.0 Å². The molecule has 0 spiro atoms. The fourth-order valence-corrected chi connectivity index (χ4v) is 2.42. The Kier molecular flexibility index (Phi) is 5.08. The number of ether oxygens (including phenoxy) is 3. The monoisotopic (exact) mass is 307 g/mol. The van der Waals surface area contributed by atoms with E-state index in [0.717, 1.165) is 17.9 Å². The first-order chi connectivity index (χ1) is 10.3. The number of benzene rings is 1. The number of nitrogens with one attached hydrogen (secondary N) is 1. The number of hydrogen-bond donors (Lipinski definition) is 1. The standard InChI is InChI=1S/C17H25NO4/c1-16(2,3)22-15(19)17(12-18-9-10-21-17)11-13-5-7-14(20-4)8-6-13/h5-8,18H,9-12H2,1-4H3. The van der Waals surface area contributed by atoms with Crippen molar-refractivity contribution in [2.45, 2.75) is 38.4 Å². The molecule has 5 heteroatoms. The maximum Gasteiger partial charge on any atom is 0.340 e. The van der Waals surface area contributed by atoms with Crippen molar-refractivity contribution in [2.75, 3.05) is 26.8 Å². The maximum atomic E-state index is 12.7. The molecule has 1 unspecified atom stereocenters. The first kappa shape index (κ1) is 16.8. The largest absolute Gasteiger partial charge is 0.497 e. The van der Waals surface area contributed by atoms with E-state index in [0.29, 0.717) is 19.6 Å². The minimum Gasteiger partial charge on any atom is -0.497 e. The highest BCUT2D eigenvalue weighted by Gasteiger charge is 2.44. The summed E-state index contributed by atoms with van der Waals surface area (Å²) in [5, 5.41) is 3.23. The van der Waals surface area contributed by atoms with Crippen LogP contribution in [0.1, 0.15) is 26.3 Å². The van der Waals surface area contributed by atoms with Crippen molar-refractivity contribution in [2.24, 2.45) is 0 Å². The van der Waals surface area contributed by atoms with E-state index in [1.165, 1.54) is 0 Å². The Bertz CT molecular complexity index is 498. The van der Waals surface area contributed by atoms with E-state index in [1.807, 2.05) is 45.0 Å². The van der Waals surface area contributed by atoms with Crippen LogP contribution >= 0.6 is 0 Å². The van der Waals surface area contributed by atoms with E-state index < -0.39 is 11.2 Å². The molecular weight excluding hydrogens is 282 g/mol. The number of hydrogen-bond acceptors (Lipinski definition) is 5. The zero-order valence-electron chi connectivity index (χ0n) is 13.8. The van der Waals surface area contributed by atoms with Gasteiger partial charge in [0.25, 0.3) is 0 Å². The molecule has 22 heavy (non-hydrogen) atoms. The van der Waals surface area contributed by atoms with Crippen molar-refractivity contribution >= 4 is 5.97 Å². The van der Waals surface area contributed by atoms with Gasteiger partial charge in [-0.25, -0.2) is 4.79 Å². The van der Waals surface area contributed by atoms with Crippen molar-refractivity contribution in [3.63, 3.8) is 0 Å². The van der Waals surface area contributed by atoms with Crippen molar-refractivity contribution < 1.29 is 19.0 Å². The van der Waals surface area contributed by atoms with Crippen LogP contribution in [0.15, 0.2) is 24.3 Å². The summed E-state index contributed by atoms with van der Waals surface area (Å²) in [5.41, 5.74) is -0.499. The van der Waals surface area contributed by atoms with E-state index in [1.54, 1.807) is 7.11 Å². The van der Waals surface area contributed by atoms with Gasteiger partial charge in [0.1, 0.15) is 11.4 Å². The highest BCUT2D eigenvalue weighted by atomic mass is 16.6. The fraction of sp³-hybridized carbons (Fsp3) is 0.588. The number of carbonyl (C=O) groups is 1. The zero-order valence-corrected chi connectivity index (χ0v) is 13.8. The molecule has 0 bridgehead atoms. The molecule has 1 fully saturated rings. The number of carbonyl (C=O) groups excluding carboxylic acids is 1. The highest BCUT2D eigenvalue weighted by Crippen LogP contribution is 2.25. The number of esters is 1. The third kappa shape index (κ3) is 4.21. The molecule has 1 saturated heterocycles. The van der Waals surface area contributed by atoms with Crippen LogP contribution in [-0.2, 0) is 20.7 Å². The Morgan fingerprint density at radius 1 is 1.32 bits per heavy atom. The second kappa shape index (κ2) is 6.67. The van der Waals surface area contributed by atoms with Crippen LogP contribution in [0.3, 0.4) is 0 Å². The summed E-state index contributed by atoms with van der Waals surface area (Å²) in [6, 6.07) is 7.66.